The molecule has 0 aliphatic carbocycles. The molecule has 0 radical (unpaired) electrons. The molecule has 1 spiro atoms. The van der Waals surface area contributed by atoms with Crippen LogP contribution in [0.25, 0.3) is 0 Å². The molecule has 4 heteroatoms. The van der Waals surface area contributed by atoms with E-state index >= 15 is 0 Å². The summed E-state index contributed by atoms with van der Waals surface area (Å²) in [7, 11) is 2.22. The summed E-state index contributed by atoms with van der Waals surface area (Å²) in [6.07, 6.45) is 5.50. The molecule has 0 aromatic carbocycles. The van der Waals surface area contributed by atoms with Crippen LogP contribution in [0, 0.1) is 5.41 Å². The summed E-state index contributed by atoms with van der Waals surface area (Å²) in [5.41, 5.74) is 1.21. The summed E-state index contributed by atoms with van der Waals surface area (Å²) in [5.74, 6) is 0.999. The van der Waals surface area contributed by atoms with E-state index in [-0.39, 0.29) is 0 Å². The minimum atomic E-state index is -0.428. The lowest BCUT2D eigenvalue weighted by atomic mass is 9.78. The van der Waals surface area contributed by atoms with E-state index in [1.165, 1.54) is 32.4 Å². The third-order valence-corrected chi connectivity index (χ3v) is 4.74. The van der Waals surface area contributed by atoms with Crippen LogP contribution in [0.1, 0.15) is 24.8 Å². The molecule has 104 valence electrons. The maximum atomic E-state index is 12.5. The molecule has 19 heavy (non-hydrogen) atoms. The van der Waals surface area contributed by atoms with E-state index in [1.807, 2.05) is 12.1 Å². The van der Waals surface area contributed by atoms with Crippen molar-refractivity contribution < 1.29 is 4.39 Å². The topological polar surface area (TPSA) is 19.4 Å². The van der Waals surface area contributed by atoms with Crippen LogP contribution >= 0.6 is 0 Å². The maximum Gasteiger partial charge on any atom is 0.128 e. The Morgan fingerprint density at radius 2 is 1.95 bits per heavy atom. The SMILES string of the molecule is CN1CCC2(CCN(c3ccc(CF)cn3)CC2)C1. The van der Waals surface area contributed by atoms with Gasteiger partial charge in [0.2, 0.25) is 0 Å². The average Bonchev–Trinajstić information content (AvgIpc) is 2.81. The Morgan fingerprint density at radius 1 is 1.21 bits per heavy atom. The van der Waals surface area contributed by atoms with Crippen molar-refractivity contribution in [2.24, 2.45) is 5.41 Å². The van der Waals surface area contributed by atoms with Crippen molar-refractivity contribution >= 4 is 5.82 Å². The fraction of sp³-hybridized carbons (Fsp3) is 0.667. The van der Waals surface area contributed by atoms with Gasteiger partial charge in [-0.25, -0.2) is 9.37 Å². The molecule has 0 saturated carbocycles. The number of nitrogens with zero attached hydrogens (tertiary/aromatic N) is 3. The van der Waals surface area contributed by atoms with Gasteiger partial charge in [0.25, 0.3) is 0 Å². The lowest BCUT2D eigenvalue weighted by Crippen LogP contribution is -2.41. The quantitative estimate of drug-likeness (QED) is 0.817. The Balaban J connectivity index is 1.63. The summed E-state index contributed by atoms with van der Waals surface area (Å²) >= 11 is 0. The number of pyridine rings is 1. The molecular formula is C15H22FN3. The zero-order chi connectivity index (χ0) is 13.3. The van der Waals surface area contributed by atoms with Crippen LogP contribution in [-0.4, -0.2) is 43.1 Å². The van der Waals surface area contributed by atoms with Crippen LogP contribution in [0.2, 0.25) is 0 Å². The molecule has 0 unspecified atom stereocenters. The first-order valence-electron chi connectivity index (χ1n) is 7.15. The smallest absolute Gasteiger partial charge is 0.128 e. The summed E-state index contributed by atoms with van der Waals surface area (Å²) in [4.78, 5) is 9.17. The second kappa shape index (κ2) is 5.08. The van der Waals surface area contributed by atoms with E-state index in [9.17, 15) is 4.39 Å². The molecule has 2 fully saturated rings. The van der Waals surface area contributed by atoms with Crippen LogP contribution in [0.4, 0.5) is 10.2 Å². The molecule has 0 amide bonds. The molecule has 1 aromatic rings. The standard InChI is InChI=1S/C15H22FN3/c1-18-7-4-15(12-18)5-8-19(9-6-15)14-3-2-13(10-16)11-17-14/h2-3,11H,4-10,12H2,1H3. The van der Waals surface area contributed by atoms with E-state index in [2.05, 4.69) is 21.8 Å². The molecule has 3 nitrogen and oxygen atoms in total. The first kappa shape index (κ1) is 12.9. The molecule has 0 bridgehead atoms. The van der Waals surface area contributed by atoms with Gasteiger partial charge in [-0.2, -0.15) is 0 Å². The van der Waals surface area contributed by atoms with Gasteiger partial charge in [-0.3, -0.25) is 0 Å². The fourth-order valence-corrected chi connectivity index (χ4v) is 3.46. The lowest BCUT2D eigenvalue weighted by molar-refractivity contribution is 0.222. The molecule has 1 aromatic heterocycles. The molecule has 2 saturated heterocycles. The largest absolute Gasteiger partial charge is 0.357 e. The van der Waals surface area contributed by atoms with Gasteiger partial charge in [0, 0.05) is 31.4 Å². The minimum Gasteiger partial charge on any atom is -0.357 e. The van der Waals surface area contributed by atoms with Crippen molar-refractivity contribution in [2.75, 3.05) is 38.1 Å². The van der Waals surface area contributed by atoms with Crippen LogP contribution in [0.15, 0.2) is 18.3 Å². The normalized spacial score (nSPS) is 23.2. The molecular weight excluding hydrogens is 241 g/mol. The lowest BCUT2D eigenvalue weighted by Gasteiger charge is -2.39. The molecule has 0 atom stereocenters. The molecule has 0 N–H and O–H groups in total. The third kappa shape index (κ3) is 2.59. The van der Waals surface area contributed by atoms with Gasteiger partial charge in [-0.1, -0.05) is 6.07 Å². The van der Waals surface area contributed by atoms with Gasteiger partial charge in [-0.15, -0.1) is 0 Å². The van der Waals surface area contributed by atoms with Crippen LogP contribution in [0.5, 0.6) is 0 Å². The highest BCUT2D eigenvalue weighted by atomic mass is 19.1. The molecule has 3 heterocycles. The monoisotopic (exact) mass is 263 g/mol. The first-order chi connectivity index (χ1) is 9.21. The van der Waals surface area contributed by atoms with Gasteiger partial charge in [0.15, 0.2) is 0 Å². The minimum absolute atomic E-state index is 0.428. The number of likely N-dealkylation sites (tertiary alicyclic amines) is 1. The second-order valence-electron chi connectivity index (χ2n) is 6.13. The number of halogens is 1. The van der Waals surface area contributed by atoms with Gasteiger partial charge in [0.05, 0.1) is 0 Å². The predicted molar refractivity (Wildman–Crippen MR) is 75.0 cm³/mol. The van der Waals surface area contributed by atoms with Crippen molar-refractivity contribution in [1.82, 2.24) is 9.88 Å². The van der Waals surface area contributed by atoms with Crippen molar-refractivity contribution in [3.8, 4) is 0 Å². The van der Waals surface area contributed by atoms with Crippen molar-refractivity contribution in [1.29, 1.82) is 0 Å². The molecule has 2 aliphatic rings. The summed E-state index contributed by atoms with van der Waals surface area (Å²) in [6, 6.07) is 3.80. The summed E-state index contributed by atoms with van der Waals surface area (Å²) < 4.78 is 12.5. The third-order valence-electron chi connectivity index (χ3n) is 4.74. The number of rotatable bonds is 2. The Hall–Kier alpha value is -1.16. The number of piperidine rings is 1. The van der Waals surface area contributed by atoms with E-state index < -0.39 is 6.67 Å². The van der Waals surface area contributed by atoms with Gasteiger partial charge in [0.1, 0.15) is 12.5 Å². The number of aromatic nitrogens is 1. The van der Waals surface area contributed by atoms with Crippen molar-refractivity contribution in [2.45, 2.75) is 25.9 Å². The Labute approximate surface area is 114 Å². The zero-order valence-electron chi connectivity index (χ0n) is 11.6. The first-order valence-corrected chi connectivity index (χ1v) is 7.15. The molecule has 2 aliphatic heterocycles. The average molecular weight is 263 g/mol. The Kier molecular flexibility index (Phi) is 3.44. The summed E-state index contributed by atoms with van der Waals surface area (Å²) in [5, 5.41) is 0. The number of hydrogen-bond donors (Lipinski definition) is 0. The highest BCUT2D eigenvalue weighted by Crippen LogP contribution is 2.40. The van der Waals surface area contributed by atoms with Gasteiger partial charge < -0.3 is 9.80 Å². The fourth-order valence-electron chi connectivity index (χ4n) is 3.46. The van der Waals surface area contributed by atoms with Crippen LogP contribution in [0.3, 0.4) is 0 Å². The van der Waals surface area contributed by atoms with Gasteiger partial charge in [-0.05, 0) is 44.3 Å². The maximum absolute atomic E-state index is 12.5. The highest BCUT2D eigenvalue weighted by Gasteiger charge is 2.39. The summed E-state index contributed by atoms with van der Waals surface area (Å²) in [6.45, 7) is 4.22. The molecule has 3 rings (SSSR count). The Bertz CT molecular complexity index is 424. The van der Waals surface area contributed by atoms with E-state index in [1.54, 1.807) is 6.20 Å². The van der Waals surface area contributed by atoms with Gasteiger partial charge >= 0.3 is 0 Å². The predicted octanol–water partition coefficient (Wildman–Crippen LogP) is 2.47. The zero-order valence-corrected chi connectivity index (χ0v) is 11.6. The second-order valence-corrected chi connectivity index (χ2v) is 6.13. The highest BCUT2D eigenvalue weighted by molar-refractivity contribution is 5.40. The van der Waals surface area contributed by atoms with Crippen molar-refractivity contribution in [3.05, 3.63) is 23.9 Å². The number of anilines is 1. The van der Waals surface area contributed by atoms with Crippen LogP contribution in [-0.2, 0) is 6.67 Å². The van der Waals surface area contributed by atoms with E-state index in [0.29, 0.717) is 11.0 Å². The van der Waals surface area contributed by atoms with Crippen LogP contribution < -0.4 is 4.90 Å². The van der Waals surface area contributed by atoms with E-state index in [4.69, 9.17) is 0 Å². The van der Waals surface area contributed by atoms with E-state index in [0.717, 1.165) is 18.9 Å². The number of hydrogen-bond acceptors (Lipinski definition) is 3. The Morgan fingerprint density at radius 3 is 2.47 bits per heavy atom. The number of alkyl halides is 1. The van der Waals surface area contributed by atoms with Crippen molar-refractivity contribution in [3.63, 3.8) is 0 Å².